The normalized spacial score (nSPS) is 19.0. The van der Waals surface area contributed by atoms with Crippen LogP contribution in [0.1, 0.15) is 32.3 Å². The van der Waals surface area contributed by atoms with Crippen molar-refractivity contribution in [2.24, 2.45) is 0 Å². The minimum Gasteiger partial charge on any atom is -0.313 e. The van der Waals surface area contributed by atoms with Crippen LogP contribution >= 0.6 is 0 Å². The second-order valence-electron chi connectivity index (χ2n) is 6.34. The predicted molar refractivity (Wildman–Crippen MR) is 88.3 cm³/mol. The molecule has 1 aromatic carbocycles. The largest absolute Gasteiger partial charge is 0.313 e. The van der Waals surface area contributed by atoms with Crippen molar-refractivity contribution in [1.82, 2.24) is 15.2 Å². The van der Waals surface area contributed by atoms with E-state index in [1.165, 1.54) is 35.7 Å². The second kappa shape index (κ2) is 6.54. The van der Waals surface area contributed by atoms with Crippen molar-refractivity contribution < 1.29 is 0 Å². The summed E-state index contributed by atoms with van der Waals surface area (Å²) in [6, 6.07) is 9.74. The third-order valence-electron chi connectivity index (χ3n) is 4.47. The Morgan fingerprint density at radius 2 is 2.14 bits per heavy atom. The van der Waals surface area contributed by atoms with Gasteiger partial charge in [0.1, 0.15) is 0 Å². The van der Waals surface area contributed by atoms with Crippen molar-refractivity contribution in [3.05, 3.63) is 42.2 Å². The Morgan fingerprint density at radius 3 is 2.90 bits per heavy atom. The summed E-state index contributed by atoms with van der Waals surface area (Å²) in [5.74, 6) is 0. The summed E-state index contributed by atoms with van der Waals surface area (Å²) in [5, 5.41) is 6.17. The van der Waals surface area contributed by atoms with E-state index in [2.05, 4.69) is 53.3 Å². The van der Waals surface area contributed by atoms with E-state index >= 15 is 0 Å². The van der Waals surface area contributed by atoms with E-state index in [9.17, 15) is 0 Å². The number of hydrogen-bond acceptors (Lipinski definition) is 3. The van der Waals surface area contributed by atoms with Gasteiger partial charge in [-0.2, -0.15) is 0 Å². The van der Waals surface area contributed by atoms with Crippen LogP contribution in [0.25, 0.3) is 10.8 Å². The van der Waals surface area contributed by atoms with Crippen molar-refractivity contribution in [2.45, 2.75) is 45.3 Å². The molecule has 112 valence electrons. The monoisotopic (exact) mass is 283 g/mol. The molecule has 3 rings (SSSR count). The third kappa shape index (κ3) is 3.42. The SMILES string of the molecule is CC(C)N(Cc1cncc2ccccc12)CC1CCCN1. The molecule has 0 saturated carbocycles. The van der Waals surface area contributed by atoms with E-state index < -0.39 is 0 Å². The fraction of sp³-hybridized carbons (Fsp3) is 0.500. The molecule has 0 aliphatic carbocycles. The zero-order valence-corrected chi connectivity index (χ0v) is 13.0. The molecule has 2 heterocycles. The Hall–Kier alpha value is -1.45. The Bertz CT molecular complexity index is 583. The topological polar surface area (TPSA) is 28.2 Å². The molecule has 0 spiro atoms. The molecule has 3 heteroatoms. The van der Waals surface area contributed by atoms with Crippen LogP contribution in [0, 0.1) is 0 Å². The van der Waals surface area contributed by atoms with Gasteiger partial charge in [-0.1, -0.05) is 24.3 Å². The lowest BCUT2D eigenvalue weighted by atomic mass is 10.1. The van der Waals surface area contributed by atoms with Gasteiger partial charge in [0.05, 0.1) is 0 Å². The average Bonchev–Trinajstić information content (AvgIpc) is 3.00. The van der Waals surface area contributed by atoms with Crippen LogP contribution in [0.5, 0.6) is 0 Å². The molecule has 0 bridgehead atoms. The van der Waals surface area contributed by atoms with Crippen molar-refractivity contribution in [3.63, 3.8) is 0 Å². The first kappa shape index (κ1) is 14.5. The van der Waals surface area contributed by atoms with Gasteiger partial charge in [-0.05, 0) is 44.2 Å². The van der Waals surface area contributed by atoms with Gasteiger partial charge < -0.3 is 5.32 Å². The van der Waals surface area contributed by atoms with Gasteiger partial charge in [0.2, 0.25) is 0 Å². The Kier molecular flexibility index (Phi) is 4.51. The summed E-state index contributed by atoms with van der Waals surface area (Å²) in [5.41, 5.74) is 1.33. The highest BCUT2D eigenvalue weighted by molar-refractivity contribution is 5.84. The Balaban J connectivity index is 1.80. The molecule has 1 aromatic heterocycles. The number of rotatable bonds is 5. The summed E-state index contributed by atoms with van der Waals surface area (Å²) in [6.07, 6.45) is 6.60. The van der Waals surface area contributed by atoms with Crippen molar-refractivity contribution >= 4 is 10.8 Å². The number of nitrogens with zero attached hydrogens (tertiary/aromatic N) is 2. The maximum Gasteiger partial charge on any atom is 0.0346 e. The highest BCUT2D eigenvalue weighted by atomic mass is 15.2. The first-order valence-corrected chi connectivity index (χ1v) is 8.03. The van der Waals surface area contributed by atoms with Crippen LogP contribution in [0.4, 0.5) is 0 Å². The average molecular weight is 283 g/mol. The fourth-order valence-corrected chi connectivity index (χ4v) is 3.18. The van der Waals surface area contributed by atoms with Gasteiger partial charge in [-0.25, -0.2) is 0 Å². The zero-order valence-electron chi connectivity index (χ0n) is 13.0. The van der Waals surface area contributed by atoms with Crippen LogP contribution in [0.3, 0.4) is 0 Å². The summed E-state index contributed by atoms with van der Waals surface area (Å²) in [6.45, 7) is 7.85. The van der Waals surface area contributed by atoms with Crippen LogP contribution in [0.2, 0.25) is 0 Å². The lowest BCUT2D eigenvalue weighted by Crippen LogP contribution is -2.40. The number of hydrogen-bond donors (Lipinski definition) is 1. The first-order valence-electron chi connectivity index (χ1n) is 8.03. The van der Waals surface area contributed by atoms with Gasteiger partial charge in [0.25, 0.3) is 0 Å². The van der Waals surface area contributed by atoms with E-state index in [-0.39, 0.29) is 0 Å². The van der Waals surface area contributed by atoms with Crippen LogP contribution in [-0.2, 0) is 6.54 Å². The smallest absolute Gasteiger partial charge is 0.0346 e. The van der Waals surface area contributed by atoms with Gasteiger partial charge in [-0.15, -0.1) is 0 Å². The molecule has 1 aliphatic rings. The minimum atomic E-state index is 0.548. The molecule has 21 heavy (non-hydrogen) atoms. The maximum absolute atomic E-state index is 4.41. The van der Waals surface area contributed by atoms with Crippen LogP contribution in [0.15, 0.2) is 36.7 Å². The van der Waals surface area contributed by atoms with E-state index in [0.717, 1.165) is 13.1 Å². The number of pyridine rings is 1. The summed E-state index contributed by atoms with van der Waals surface area (Å²) in [7, 11) is 0. The molecule has 1 fully saturated rings. The third-order valence-corrected chi connectivity index (χ3v) is 4.47. The molecular formula is C18H25N3. The molecule has 1 saturated heterocycles. The summed E-state index contributed by atoms with van der Waals surface area (Å²) in [4.78, 5) is 6.98. The van der Waals surface area contributed by atoms with Gasteiger partial charge in [0.15, 0.2) is 0 Å². The van der Waals surface area contributed by atoms with E-state index in [1.807, 2.05) is 12.4 Å². The van der Waals surface area contributed by atoms with E-state index in [4.69, 9.17) is 0 Å². The number of aromatic nitrogens is 1. The van der Waals surface area contributed by atoms with Crippen LogP contribution in [-0.4, -0.2) is 35.1 Å². The highest BCUT2D eigenvalue weighted by Crippen LogP contribution is 2.20. The van der Waals surface area contributed by atoms with Crippen molar-refractivity contribution in [3.8, 4) is 0 Å². The molecule has 1 aliphatic heterocycles. The summed E-state index contributed by atoms with van der Waals surface area (Å²) < 4.78 is 0. The van der Waals surface area contributed by atoms with Gasteiger partial charge in [-0.3, -0.25) is 9.88 Å². The number of nitrogens with one attached hydrogen (secondary N) is 1. The molecule has 1 N–H and O–H groups in total. The predicted octanol–water partition coefficient (Wildman–Crippen LogP) is 3.20. The standard InChI is InChI=1S/C18H25N3/c1-14(2)21(13-17-7-5-9-20-17)12-16-11-19-10-15-6-3-4-8-18(15)16/h3-4,6,8,10-11,14,17,20H,5,7,9,12-13H2,1-2H3. The van der Waals surface area contributed by atoms with Crippen molar-refractivity contribution in [2.75, 3.05) is 13.1 Å². The fourth-order valence-electron chi connectivity index (χ4n) is 3.18. The molecule has 1 unspecified atom stereocenters. The lowest BCUT2D eigenvalue weighted by Gasteiger charge is -2.29. The van der Waals surface area contributed by atoms with Gasteiger partial charge in [0, 0.05) is 43.0 Å². The lowest BCUT2D eigenvalue weighted by molar-refractivity contribution is 0.194. The molecular weight excluding hydrogens is 258 g/mol. The second-order valence-corrected chi connectivity index (χ2v) is 6.34. The van der Waals surface area contributed by atoms with Crippen molar-refractivity contribution in [1.29, 1.82) is 0 Å². The van der Waals surface area contributed by atoms with Gasteiger partial charge >= 0.3 is 0 Å². The molecule has 3 nitrogen and oxygen atoms in total. The quantitative estimate of drug-likeness (QED) is 0.913. The molecule has 1 atom stereocenters. The number of benzene rings is 1. The zero-order chi connectivity index (χ0) is 14.7. The molecule has 0 amide bonds. The highest BCUT2D eigenvalue weighted by Gasteiger charge is 2.20. The maximum atomic E-state index is 4.41. The first-order chi connectivity index (χ1) is 10.2. The van der Waals surface area contributed by atoms with Crippen LogP contribution < -0.4 is 5.32 Å². The van der Waals surface area contributed by atoms with E-state index in [0.29, 0.717) is 12.1 Å². The Morgan fingerprint density at radius 1 is 1.29 bits per heavy atom. The Labute approximate surface area is 127 Å². The molecule has 0 radical (unpaired) electrons. The number of fused-ring (bicyclic) bond motifs is 1. The summed E-state index contributed by atoms with van der Waals surface area (Å²) >= 11 is 0. The molecule has 2 aromatic rings. The minimum absolute atomic E-state index is 0.548. The van der Waals surface area contributed by atoms with E-state index in [1.54, 1.807) is 0 Å².